The minimum absolute atomic E-state index is 0.0581. The van der Waals surface area contributed by atoms with Crippen molar-refractivity contribution in [1.29, 1.82) is 10.5 Å². The molecule has 0 aliphatic carbocycles. The number of ether oxygens (including phenoxy) is 3. The van der Waals surface area contributed by atoms with Crippen molar-refractivity contribution >= 4 is 17.6 Å². The van der Waals surface area contributed by atoms with E-state index in [1.807, 2.05) is 52.0 Å². The summed E-state index contributed by atoms with van der Waals surface area (Å²) in [4.78, 5) is 9.11. The largest absolute Gasteiger partial charge is 0.491 e. The van der Waals surface area contributed by atoms with Gasteiger partial charge in [-0.1, -0.05) is 42.1 Å². The van der Waals surface area contributed by atoms with E-state index < -0.39 is 5.79 Å². The van der Waals surface area contributed by atoms with E-state index >= 15 is 0 Å². The van der Waals surface area contributed by atoms with Gasteiger partial charge in [-0.05, 0) is 57.0 Å². The number of oxazole rings is 1. The van der Waals surface area contributed by atoms with Gasteiger partial charge in [-0.25, -0.2) is 9.97 Å². The summed E-state index contributed by atoms with van der Waals surface area (Å²) in [6.45, 7) is 8.39. The Labute approximate surface area is 242 Å². The standard InChI is InChI=1S/C31H29N5O4S/c1-18-7-5-6-8-23(18)29-35-26(19(2)39-29)17-41-30-25(14-33)27(24(13-32)28(34)36-30)20-9-11-21(12-10-20)37-15-22-16-38-31(3,4)40-22/h5-12,22H,15-17H2,1-4H3,(H2,34,36)/t22-/m1/s1. The predicted octanol–water partition coefficient (Wildman–Crippen LogP) is 6.17. The predicted molar refractivity (Wildman–Crippen MR) is 155 cm³/mol. The van der Waals surface area contributed by atoms with Gasteiger partial charge in [0.25, 0.3) is 0 Å². The zero-order valence-corrected chi connectivity index (χ0v) is 24.0. The van der Waals surface area contributed by atoms with Crippen molar-refractivity contribution in [3.63, 3.8) is 0 Å². The maximum Gasteiger partial charge on any atom is 0.226 e. The van der Waals surface area contributed by atoms with Gasteiger partial charge in [0.05, 0.1) is 17.9 Å². The number of rotatable bonds is 8. The fourth-order valence-corrected chi connectivity index (χ4v) is 5.57. The van der Waals surface area contributed by atoms with Crippen molar-refractivity contribution in [2.45, 2.75) is 50.4 Å². The van der Waals surface area contributed by atoms with Gasteiger partial charge in [-0.3, -0.25) is 0 Å². The lowest BCUT2D eigenvalue weighted by Crippen LogP contribution is -2.25. The molecule has 1 aliphatic heterocycles. The molecular weight excluding hydrogens is 538 g/mol. The number of nitrogens with two attached hydrogens (primary N) is 1. The van der Waals surface area contributed by atoms with Gasteiger partial charge in [-0.2, -0.15) is 10.5 Å². The molecule has 4 aromatic rings. The van der Waals surface area contributed by atoms with Crippen molar-refractivity contribution in [2.24, 2.45) is 0 Å². The summed E-state index contributed by atoms with van der Waals surface area (Å²) < 4.78 is 23.2. The Morgan fingerprint density at radius 2 is 1.78 bits per heavy atom. The molecule has 1 aliphatic rings. The Bertz CT molecular complexity index is 1670. The molecule has 2 aromatic carbocycles. The minimum atomic E-state index is -0.619. The lowest BCUT2D eigenvalue weighted by atomic mass is 9.97. The Balaban J connectivity index is 1.38. The molecule has 5 rings (SSSR count). The van der Waals surface area contributed by atoms with Gasteiger partial charge in [0.15, 0.2) is 5.79 Å². The molecule has 9 nitrogen and oxygen atoms in total. The Morgan fingerprint density at radius 3 is 2.44 bits per heavy atom. The van der Waals surface area contributed by atoms with Crippen LogP contribution in [0.25, 0.3) is 22.6 Å². The smallest absolute Gasteiger partial charge is 0.226 e. The van der Waals surface area contributed by atoms with Crippen molar-refractivity contribution in [3.05, 3.63) is 76.7 Å². The van der Waals surface area contributed by atoms with Crippen LogP contribution in [0.3, 0.4) is 0 Å². The summed E-state index contributed by atoms with van der Waals surface area (Å²) in [5.41, 5.74) is 10.5. The molecular formula is C31H29N5O4S. The van der Waals surface area contributed by atoms with Gasteiger partial charge < -0.3 is 24.4 Å². The third-order valence-electron chi connectivity index (χ3n) is 6.68. The summed E-state index contributed by atoms with van der Waals surface area (Å²) in [6.07, 6.45) is -0.166. The van der Waals surface area contributed by atoms with Crippen LogP contribution in [0.4, 0.5) is 5.82 Å². The average molecular weight is 568 g/mol. The molecule has 41 heavy (non-hydrogen) atoms. The molecule has 2 aromatic heterocycles. The SMILES string of the molecule is Cc1ccccc1-c1nc(CSc2nc(N)c(C#N)c(-c3ccc(OC[C@@H]4COC(C)(C)O4)cc3)c2C#N)c(C)o1. The molecule has 10 heteroatoms. The molecule has 2 N–H and O–H groups in total. The lowest BCUT2D eigenvalue weighted by Gasteiger charge is -2.17. The van der Waals surface area contributed by atoms with E-state index in [0.29, 0.717) is 52.5 Å². The molecule has 0 spiro atoms. The van der Waals surface area contributed by atoms with E-state index in [1.54, 1.807) is 24.3 Å². The second kappa shape index (κ2) is 11.6. The first kappa shape index (κ1) is 28.2. The molecule has 0 saturated carbocycles. The molecule has 3 heterocycles. The van der Waals surface area contributed by atoms with Gasteiger partial charge >= 0.3 is 0 Å². The topological polar surface area (TPSA) is 140 Å². The number of aryl methyl sites for hydroxylation is 2. The number of nitrogen functional groups attached to an aromatic ring is 1. The van der Waals surface area contributed by atoms with Crippen LogP contribution in [-0.4, -0.2) is 35.1 Å². The van der Waals surface area contributed by atoms with Crippen LogP contribution in [0.5, 0.6) is 5.75 Å². The van der Waals surface area contributed by atoms with Gasteiger partial charge in [-0.15, -0.1) is 0 Å². The Hall–Kier alpha value is -4.35. The van der Waals surface area contributed by atoms with Crippen LogP contribution in [0, 0.1) is 36.5 Å². The average Bonchev–Trinajstić information content (AvgIpc) is 3.51. The highest BCUT2D eigenvalue weighted by Crippen LogP contribution is 2.38. The highest BCUT2D eigenvalue weighted by Gasteiger charge is 2.33. The third kappa shape index (κ3) is 6.06. The molecule has 208 valence electrons. The number of nitrogens with zero attached hydrogens (tertiary/aromatic N) is 4. The molecule has 0 unspecified atom stereocenters. The van der Waals surface area contributed by atoms with Crippen LogP contribution in [0.2, 0.25) is 0 Å². The van der Waals surface area contributed by atoms with E-state index in [-0.39, 0.29) is 23.0 Å². The maximum absolute atomic E-state index is 10.2. The summed E-state index contributed by atoms with van der Waals surface area (Å²) in [6, 6.07) is 19.4. The van der Waals surface area contributed by atoms with Gasteiger partial charge in [0, 0.05) is 16.9 Å². The number of benzene rings is 2. The summed E-state index contributed by atoms with van der Waals surface area (Å²) in [5, 5.41) is 20.5. The quantitative estimate of drug-likeness (QED) is 0.246. The number of anilines is 1. The summed E-state index contributed by atoms with van der Waals surface area (Å²) in [7, 11) is 0. The van der Waals surface area contributed by atoms with Crippen LogP contribution in [0.15, 0.2) is 58.0 Å². The van der Waals surface area contributed by atoms with Crippen molar-refractivity contribution in [2.75, 3.05) is 18.9 Å². The number of hydrogen-bond donors (Lipinski definition) is 1. The number of pyridine rings is 1. The molecule has 0 radical (unpaired) electrons. The molecule has 1 atom stereocenters. The van der Waals surface area contributed by atoms with E-state index in [4.69, 9.17) is 29.3 Å². The molecule has 1 saturated heterocycles. The summed E-state index contributed by atoms with van der Waals surface area (Å²) in [5.74, 6) is 1.70. The van der Waals surface area contributed by atoms with Crippen LogP contribution < -0.4 is 10.5 Å². The zero-order valence-electron chi connectivity index (χ0n) is 23.2. The van der Waals surface area contributed by atoms with Gasteiger partial charge in [0.2, 0.25) is 5.89 Å². The molecule has 0 amide bonds. The van der Waals surface area contributed by atoms with Crippen LogP contribution >= 0.6 is 11.8 Å². The fourth-order valence-electron chi connectivity index (χ4n) is 4.57. The Morgan fingerprint density at radius 1 is 1.05 bits per heavy atom. The van der Waals surface area contributed by atoms with Gasteiger partial charge in [0.1, 0.15) is 52.8 Å². The number of thioether (sulfide) groups is 1. The number of nitriles is 2. The van der Waals surface area contributed by atoms with Crippen molar-refractivity contribution < 1.29 is 18.6 Å². The first-order valence-electron chi connectivity index (χ1n) is 13.0. The lowest BCUT2D eigenvalue weighted by molar-refractivity contribution is -0.141. The maximum atomic E-state index is 10.2. The van der Waals surface area contributed by atoms with E-state index in [1.165, 1.54) is 11.8 Å². The minimum Gasteiger partial charge on any atom is -0.491 e. The molecule has 1 fully saturated rings. The van der Waals surface area contributed by atoms with E-state index in [2.05, 4.69) is 17.1 Å². The highest BCUT2D eigenvalue weighted by atomic mass is 32.2. The monoisotopic (exact) mass is 567 g/mol. The van der Waals surface area contributed by atoms with Crippen molar-refractivity contribution in [3.8, 4) is 40.5 Å². The highest BCUT2D eigenvalue weighted by molar-refractivity contribution is 7.98. The van der Waals surface area contributed by atoms with Crippen molar-refractivity contribution in [1.82, 2.24) is 9.97 Å². The Kier molecular flexibility index (Phi) is 8.00. The van der Waals surface area contributed by atoms with Crippen LogP contribution in [0.1, 0.15) is 42.0 Å². The third-order valence-corrected chi connectivity index (χ3v) is 7.66. The first-order chi connectivity index (χ1) is 19.7. The first-order valence-corrected chi connectivity index (χ1v) is 14.0. The van der Waals surface area contributed by atoms with E-state index in [0.717, 1.165) is 16.8 Å². The zero-order chi connectivity index (χ0) is 29.1. The second-order valence-corrected chi connectivity index (χ2v) is 11.0. The van der Waals surface area contributed by atoms with E-state index in [9.17, 15) is 10.5 Å². The van der Waals surface area contributed by atoms with Crippen LogP contribution in [-0.2, 0) is 15.2 Å². The summed E-state index contributed by atoms with van der Waals surface area (Å²) >= 11 is 1.32. The fraction of sp³-hybridized carbons (Fsp3) is 0.290. The number of aromatic nitrogens is 2. The second-order valence-electron chi connectivity index (χ2n) is 10.1. The molecule has 0 bridgehead atoms. The normalized spacial score (nSPS) is 15.8. The number of hydrogen-bond acceptors (Lipinski definition) is 10.